The molecular formula is C22H29N2OsP2+2. The molecule has 0 amide bonds. The molecule has 5 heteroatoms. The fourth-order valence-corrected chi connectivity index (χ4v) is 5.47. The van der Waals surface area contributed by atoms with Crippen molar-refractivity contribution in [2.45, 2.75) is 13.8 Å². The molecule has 0 bridgehead atoms. The first-order chi connectivity index (χ1) is 12.4. The molecule has 0 aliphatic rings. The first kappa shape index (κ1) is 24.1. The minimum absolute atomic E-state index is 0. The summed E-state index contributed by atoms with van der Waals surface area (Å²) in [6.07, 6.45) is 1.67. The van der Waals surface area contributed by atoms with Crippen LogP contribution in [0.3, 0.4) is 0 Å². The van der Waals surface area contributed by atoms with Crippen molar-refractivity contribution in [3.63, 3.8) is 0 Å². The Kier molecular flexibility index (Phi) is 10.5. The summed E-state index contributed by atoms with van der Waals surface area (Å²) in [5.74, 6) is 0. The van der Waals surface area contributed by atoms with Crippen LogP contribution in [0.15, 0.2) is 65.4 Å². The largest absolute Gasteiger partial charge is 1.00 e. The molecule has 0 aliphatic carbocycles. The average molecular weight is 574 g/mol. The number of hydrogen-bond donors (Lipinski definition) is 0. The molecule has 2 aromatic carbocycles. The van der Waals surface area contributed by atoms with E-state index in [1.165, 1.54) is 10.8 Å². The van der Waals surface area contributed by atoms with E-state index in [9.17, 15) is 0 Å². The van der Waals surface area contributed by atoms with Crippen LogP contribution >= 0.6 is 15.8 Å². The second-order valence-electron chi connectivity index (χ2n) is 6.83. The third kappa shape index (κ3) is 7.16. The van der Waals surface area contributed by atoms with Crippen molar-refractivity contribution in [3.8, 4) is 11.3 Å². The number of hydrogen-bond acceptors (Lipinski definition) is 2. The van der Waals surface area contributed by atoms with E-state index in [0.29, 0.717) is 0 Å². The summed E-state index contributed by atoms with van der Waals surface area (Å²) in [6, 6.07) is 19.3. The van der Waals surface area contributed by atoms with E-state index < -0.39 is 0 Å². The molecule has 2 nitrogen and oxygen atoms in total. The number of fused-ring (bicyclic) bond motifs is 1. The van der Waals surface area contributed by atoms with Gasteiger partial charge in [-0.1, -0.05) is 35.7 Å². The van der Waals surface area contributed by atoms with Crippen molar-refractivity contribution in [2.24, 2.45) is 0 Å². The molecule has 0 saturated heterocycles. The zero-order valence-electron chi connectivity index (χ0n) is 16.9. The van der Waals surface area contributed by atoms with Crippen molar-refractivity contribution < 1.29 is 19.8 Å². The van der Waals surface area contributed by atoms with Crippen molar-refractivity contribution in [1.29, 1.82) is 0 Å². The molecule has 3 aromatic rings. The summed E-state index contributed by atoms with van der Waals surface area (Å²) in [7, 11) is -0.302. The number of benzene rings is 2. The first-order valence-corrected chi connectivity index (χ1v) is 13.9. The molecule has 1 aromatic heterocycles. The van der Waals surface area contributed by atoms with Crippen LogP contribution in [0.2, 0.25) is 0 Å². The minimum Gasteiger partial charge on any atom is -0.201 e. The summed E-state index contributed by atoms with van der Waals surface area (Å²) in [5.41, 5.74) is 1.83. The summed E-state index contributed by atoms with van der Waals surface area (Å²) in [6.45, 7) is 14.1. The minimum atomic E-state index is -0.151. The monoisotopic (exact) mass is 575 g/mol. The molecule has 0 unspecified atom stereocenters. The molecule has 0 aliphatic heterocycles. The average Bonchev–Trinajstić information content (AvgIpc) is 2.67. The Bertz CT molecular complexity index is 862. The van der Waals surface area contributed by atoms with Crippen molar-refractivity contribution in [1.82, 2.24) is 10.2 Å². The Morgan fingerprint density at radius 3 is 1.96 bits per heavy atom. The maximum absolute atomic E-state index is 4.07. The molecule has 0 atom stereocenters. The number of rotatable bonds is 3. The molecule has 1 radical (unpaired) electrons. The van der Waals surface area contributed by atoms with Crippen LogP contribution in [0.5, 0.6) is 0 Å². The van der Waals surface area contributed by atoms with E-state index in [0.717, 1.165) is 11.3 Å². The Balaban J connectivity index is 0.000000292. The molecule has 143 valence electrons. The van der Waals surface area contributed by atoms with Gasteiger partial charge in [0.05, 0.1) is 26.7 Å². The molecule has 0 fully saturated rings. The van der Waals surface area contributed by atoms with E-state index in [1.807, 2.05) is 30.3 Å². The zero-order valence-corrected chi connectivity index (χ0v) is 21.5. The molecule has 1 heterocycles. The predicted molar refractivity (Wildman–Crippen MR) is 123 cm³/mol. The van der Waals surface area contributed by atoms with Crippen molar-refractivity contribution >= 4 is 26.6 Å². The first-order valence-electron chi connectivity index (χ1n) is 8.87. The molecule has 27 heavy (non-hydrogen) atoms. The van der Waals surface area contributed by atoms with Gasteiger partial charge in [-0.15, -0.1) is 29.1 Å². The van der Waals surface area contributed by atoms with Gasteiger partial charge in [-0.05, 0) is 19.9 Å². The Morgan fingerprint density at radius 1 is 0.852 bits per heavy atom. The SMILES string of the molecule is C/C(=C(\C)[PH+](C)C)[PH+](C)C.[Os+].[c-]1cc2ccccc2cc1-c1cccnn1. The van der Waals surface area contributed by atoms with Gasteiger partial charge in [0, 0.05) is 27.7 Å². The second-order valence-corrected chi connectivity index (χ2v) is 12.3. The van der Waals surface area contributed by atoms with Gasteiger partial charge in [-0.25, -0.2) is 5.10 Å². The van der Waals surface area contributed by atoms with E-state index in [4.69, 9.17) is 0 Å². The Morgan fingerprint density at radius 2 is 1.44 bits per heavy atom. The summed E-state index contributed by atoms with van der Waals surface area (Å²) in [4.78, 5) is 0. The topological polar surface area (TPSA) is 25.8 Å². The normalized spacial score (nSPS) is 11.6. The summed E-state index contributed by atoms with van der Waals surface area (Å²) in [5, 5.41) is 13.7. The molecule has 0 saturated carbocycles. The predicted octanol–water partition coefficient (Wildman–Crippen LogP) is 6.28. The van der Waals surface area contributed by atoms with E-state index in [1.54, 1.807) is 16.8 Å². The van der Waals surface area contributed by atoms with Gasteiger partial charge in [0.2, 0.25) is 0 Å². The van der Waals surface area contributed by atoms with E-state index in [-0.39, 0.29) is 35.6 Å². The van der Waals surface area contributed by atoms with Gasteiger partial charge >= 0.3 is 19.8 Å². The quantitative estimate of drug-likeness (QED) is 0.272. The fourth-order valence-electron chi connectivity index (χ4n) is 2.47. The van der Waals surface area contributed by atoms with Crippen LogP contribution < -0.4 is 0 Å². The van der Waals surface area contributed by atoms with Crippen LogP contribution in [-0.2, 0) is 19.8 Å². The van der Waals surface area contributed by atoms with Crippen molar-refractivity contribution in [2.75, 3.05) is 26.7 Å². The fraction of sp³-hybridized carbons (Fsp3) is 0.273. The van der Waals surface area contributed by atoms with Gasteiger partial charge in [0.25, 0.3) is 0 Å². The molecule has 0 spiro atoms. The van der Waals surface area contributed by atoms with Crippen LogP contribution in [0.1, 0.15) is 13.8 Å². The van der Waals surface area contributed by atoms with Crippen molar-refractivity contribution in [3.05, 3.63) is 71.4 Å². The van der Waals surface area contributed by atoms with Gasteiger partial charge in [0.15, 0.2) is 0 Å². The third-order valence-corrected chi connectivity index (χ3v) is 8.59. The van der Waals surface area contributed by atoms with E-state index >= 15 is 0 Å². The number of aromatic nitrogens is 2. The summed E-state index contributed by atoms with van der Waals surface area (Å²) < 4.78 is 0. The van der Waals surface area contributed by atoms with Crippen LogP contribution in [-0.4, -0.2) is 36.9 Å². The van der Waals surface area contributed by atoms with Gasteiger partial charge in [-0.3, -0.25) is 0 Å². The molecular weight excluding hydrogens is 544 g/mol. The maximum Gasteiger partial charge on any atom is 1.00 e. The number of nitrogens with zero attached hydrogens (tertiary/aromatic N) is 2. The maximum atomic E-state index is 4.07. The van der Waals surface area contributed by atoms with E-state index in [2.05, 4.69) is 75.0 Å². The van der Waals surface area contributed by atoms with Gasteiger partial charge < -0.3 is 0 Å². The van der Waals surface area contributed by atoms with Gasteiger partial charge in [-0.2, -0.15) is 5.10 Å². The summed E-state index contributed by atoms with van der Waals surface area (Å²) >= 11 is 0. The molecule has 3 rings (SSSR count). The van der Waals surface area contributed by atoms with Gasteiger partial charge in [0.1, 0.15) is 10.6 Å². The van der Waals surface area contributed by atoms with Crippen LogP contribution in [0.25, 0.3) is 22.0 Å². The number of allylic oxidation sites excluding steroid dienone is 2. The van der Waals surface area contributed by atoms with Crippen LogP contribution in [0.4, 0.5) is 0 Å². The Labute approximate surface area is 179 Å². The van der Waals surface area contributed by atoms with Crippen LogP contribution in [0, 0.1) is 6.07 Å². The zero-order chi connectivity index (χ0) is 19.1. The Hall–Kier alpha value is -0.984. The standard InChI is InChI=1S/C14H9N2.C8H18P2.Os/c1-2-5-12-10-13(8-7-11(12)4-1)14-6-3-9-15-16-14;1-7(9(3)4)8(2)10(5)6;/h1-7,9-10H;1-6H3;/q-1;;+1/p+2/b;8-7-;. The smallest absolute Gasteiger partial charge is 0.201 e. The molecule has 0 N–H and O–H groups in total. The third-order valence-electron chi connectivity index (χ3n) is 4.59. The second kappa shape index (κ2) is 11.8.